The van der Waals surface area contributed by atoms with Gasteiger partial charge in [-0.15, -0.1) is 0 Å². The van der Waals surface area contributed by atoms with E-state index in [0.29, 0.717) is 32.4 Å². The zero-order chi connectivity index (χ0) is 14.7. The van der Waals surface area contributed by atoms with Gasteiger partial charge in [0.15, 0.2) is 0 Å². The molecule has 110 valence electrons. The molecule has 1 aliphatic heterocycles. The molecule has 0 aromatic carbocycles. The number of nitrogens with zero attached hydrogens (tertiary/aromatic N) is 1. The number of likely N-dealkylation sites (tertiary alicyclic amines) is 1. The first-order valence-electron chi connectivity index (χ1n) is 7.02. The van der Waals surface area contributed by atoms with Gasteiger partial charge in [0, 0.05) is 25.0 Å². The van der Waals surface area contributed by atoms with E-state index in [-0.39, 0.29) is 11.4 Å². The van der Waals surface area contributed by atoms with Gasteiger partial charge in [-0.25, -0.2) is 4.79 Å². The van der Waals surface area contributed by atoms with Crippen LogP contribution in [0.25, 0.3) is 0 Å². The Labute approximate surface area is 115 Å². The molecule has 1 aliphatic rings. The standard InChI is InChI=1S/C14H26N2O3/c1-5-14(12(18)19)8-6-10-16(14)11(17)7-9-15-13(2,3)4/h15H,5-10H2,1-4H3,(H,18,19). The van der Waals surface area contributed by atoms with Crippen LogP contribution in [0.1, 0.15) is 53.4 Å². The Bertz CT molecular complexity index is 349. The van der Waals surface area contributed by atoms with Gasteiger partial charge in [0.25, 0.3) is 0 Å². The average Bonchev–Trinajstić information content (AvgIpc) is 2.71. The van der Waals surface area contributed by atoms with Crippen LogP contribution in [0.5, 0.6) is 0 Å². The average molecular weight is 270 g/mol. The highest BCUT2D eigenvalue weighted by Gasteiger charge is 2.48. The van der Waals surface area contributed by atoms with Gasteiger partial charge < -0.3 is 15.3 Å². The number of rotatable bonds is 5. The van der Waals surface area contributed by atoms with E-state index in [1.54, 1.807) is 4.90 Å². The number of amides is 1. The van der Waals surface area contributed by atoms with Crippen LogP contribution in [0.3, 0.4) is 0 Å². The van der Waals surface area contributed by atoms with Crippen molar-refractivity contribution in [3.63, 3.8) is 0 Å². The molecule has 1 unspecified atom stereocenters. The Kier molecular flexibility index (Phi) is 4.96. The Balaban J connectivity index is 2.63. The lowest BCUT2D eigenvalue weighted by Gasteiger charge is -2.34. The third-order valence-electron chi connectivity index (χ3n) is 3.77. The van der Waals surface area contributed by atoms with Crippen LogP contribution in [0.4, 0.5) is 0 Å². The van der Waals surface area contributed by atoms with Crippen LogP contribution in [0, 0.1) is 0 Å². The summed E-state index contributed by atoms with van der Waals surface area (Å²) in [5.74, 6) is -0.928. The molecule has 5 heteroatoms. The second-order valence-corrected chi connectivity index (χ2v) is 6.27. The van der Waals surface area contributed by atoms with E-state index in [1.165, 1.54) is 0 Å². The Hall–Kier alpha value is -1.10. The third-order valence-corrected chi connectivity index (χ3v) is 3.77. The van der Waals surface area contributed by atoms with Gasteiger partial charge >= 0.3 is 5.97 Å². The molecule has 0 spiro atoms. The first kappa shape index (κ1) is 16.0. The van der Waals surface area contributed by atoms with Gasteiger partial charge in [-0.3, -0.25) is 4.79 Å². The van der Waals surface area contributed by atoms with E-state index < -0.39 is 11.5 Å². The van der Waals surface area contributed by atoms with E-state index in [1.807, 2.05) is 27.7 Å². The van der Waals surface area contributed by atoms with Crippen molar-refractivity contribution in [2.45, 2.75) is 64.5 Å². The highest BCUT2D eigenvalue weighted by Crippen LogP contribution is 2.33. The summed E-state index contributed by atoms with van der Waals surface area (Å²) in [7, 11) is 0. The summed E-state index contributed by atoms with van der Waals surface area (Å²) in [4.78, 5) is 25.3. The fourth-order valence-electron chi connectivity index (χ4n) is 2.66. The van der Waals surface area contributed by atoms with Crippen LogP contribution < -0.4 is 5.32 Å². The first-order valence-corrected chi connectivity index (χ1v) is 7.02. The first-order chi connectivity index (χ1) is 8.73. The number of hydrogen-bond donors (Lipinski definition) is 2. The van der Waals surface area contributed by atoms with Crippen molar-refractivity contribution in [2.75, 3.05) is 13.1 Å². The van der Waals surface area contributed by atoms with Gasteiger partial charge in [-0.2, -0.15) is 0 Å². The van der Waals surface area contributed by atoms with Crippen LogP contribution >= 0.6 is 0 Å². The molecule has 19 heavy (non-hydrogen) atoms. The summed E-state index contributed by atoms with van der Waals surface area (Å²) in [6.07, 6.45) is 2.17. The summed E-state index contributed by atoms with van der Waals surface area (Å²) in [5, 5.41) is 12.7. The number of carbonyl (C=O) groups is 2. The molecule has 1 atom stereocenters. The second kappa shape index (κ2) is 5.90. The SMILES string of the molecule is CCC1(C(=O)O)CCCN1C(=O)CCNC(C)(C)C. The summed E-state index contributed by atoms with van der Waals surface area (Å²) in [6, 6.07) is 0. The topological polar surface area (TPSA) is 69.6 Å². The highest BCUT2D eigenvalue weighted by atomic mass is 16.4. The van der Waals surface area contributed by atoms with E-state index >= 15 is 0 Å². The van der Waals surface area contributed by atoms with Crippen molar-refractivity contribution in [2.24, 2.45) is 0 Å². The molecule has 1 fully saturated rings. The van der Waals surface area contributed by atoms with Gasteiger partial charge in [0.1, 0.15) is 5.54 Å². The van der Waals surface area contributed by atoms with Gasteiger partial charge in [0.05, 0.1) is 0 Å². The second-order valence-electron chi connectivity index (χ2n) is 6.27. The van der Waals surface area contributed by atoms with Gasteiger partial charge in [-0.1, -0.05) is 6.92 Å². The Morgan fingerprint density at radius 2 is 2.00 bits per heavy atom. The predicted molar refractivity (Wildman–Crippen MR) is 74.0 cm³/mol. The number of carbonyl (C=O) groups excluding carboxylic acids is 1. The minimum Gasteiger partial charge on any atom is -0.479 e. The largest absolute Gasteiger partial charge is 0.479 e. The molecule has 1 rings (SSSR count). The predicted octanol–water partition coefficient (Wildman–Crippen LogP) is 1.62. The lowest BCUT2D eigenvalue weighted by Crippen LogP contribution is -2.53. The van der Waals surface area contributed by atoms with Crippen molar-refractivity contribution in [3.8, 4) is 0 Å². The molecule has 2 N–H and O–H groups in total. The van der Waals surface area contributed by atoms with Crippen LogP contribution in [-0.2, 0) is 9.59 Å². The van der Waals surface area contributed by atoms with E-state index in [4.69, 9.17) is 0 Å². The number of aliphatic carboxylic acids is 1. The monoisotopic (exact) mass is 270 g/mol. The fraction of sp³-hybridized carbons (Fsp3) is 0.857. The maximum Gasteiger partial charge on any atom is 0.329 e. The minimum atomic E-state index is -0.973. The molecule has 0 radical (unpaired) electrons. The normalized spacial score (nSPS) is 23.7. The molecular formula is C14H26N2O3. The van der Waals surface area contributed by atoms with Crippen LogP contribution in [0.15, 0.2) is 0 Å². The smallest absolute Gasteiger partial charge is 0.329 e. The molecule has 0 aliphatic carbocycles. The summed E-state index contributed by atoms with van der Waals surface area (Å²) < 4.78 is 0. The molecule has 0 saturated carbocycles. The van der Waals surface area contributed by atoms with Crippen molar-refractivity contribution in [3.05, 3.63) is 0 Å². The quantitative estimate of drug-likeness (QED) is 0.796. The van der Waals surface area contributed by atoms with Gasteiger partial charge in [-0.05, 0) is 40.0 Å². The lowest BCUT2D eigenvalue weighted by atomic mass is 9.93. The van der Waals surface area contributed by atoms with E-state index in [2.05, 4.69) is 5.32 Å². The summed E-state index contributed by atoms with van der Waals surface area (Å²) >= 11 is 0. The summed E-state index contributed by atoms with van der Waals surface area (Å²) in [5.41, 5.74) is -1.00. The van der Waals surface area contributed by atoms with Crippen LogP contribution in [0.2, 0.25) is 0 Å². The van der Waals surface area contributed by atoms with E-state index in [9.17, 15) is 14.7 Å². The Morgan fingerprint density at radius 1 is 1.37 bits per heavy atom. The molecule has 0 aromatic heterocycles. The number of carboxylic acid groups (broad SMARTS) is 1. The third kappa shape index (κ3) is 3.69. The van der Waals surface area contributed by atoms with Gasteiger partial charge in [0.2, 0.25) is 5.91 Å². The fourth-order valence-corrected chi connectivity index (χ4v) is 2.66. The van der Waals surface area contributed by atoms with Crippen molar-refractivity contribution >= 4 is 11.9 Å². The number of hydrogen-bond acceptors (Lipinski definition) is 3. The molecule has 0 bridgehead atoms. The zero-order valence-corrected chi connectivity index (χ0v) is 12.5. The summed E-state index contributed by atoms with van der Waals surface area (Å²) in [6.45, 7) is 9.11. The zero-order valence-electron chi connectivity index (χ0n) is 12.5. The maximum absolute atomic E-state index is 12.2. The molecular weight excluding hydrogens is 244 g/mol. The minimum absolute atomic E-state index is 0.0278. The highest BCUT2D eigenvalue weighted by molar-refractivity contribution is 5.87. The van der Waals surface area contributed by atoms with Crippen molar-refractivity contribution < 1.29 is 14.7 Å². The van der Waals surface area contributed by atoms with Crippen LogP contribution in [-0.4, -0.2) is 46.1 Å². The maximum atomic E-state index is 12.2. The molecule has 0 aromatic rings. The molecule has 1 heterocycles. The molecule has 5 nitrogen and oxygen atoms in total. The molecule has 1 amide bonds. The number of carboxylic acids is 1. The lowest BCUT2D eigenvalue weighted by molar-refractivity contribution is -0.156. The number of nitrogens with one attached hydrogen (secondary N) is 1. The Morgan fingerprint density at radius 3 is 2.47 bits per heavy atom. The van der Waals surface area contributed by atoms with Crippen molar-refractivity contribution in [1.82, 2.24) is 10.2 Å². The molecule has 1 saturated heterocycles. The van der Waals surface area contributed by atoms with E-state index in [0.717, 1.165) is 6.42 Å². The van der Waals surface area contributed by atoms with Crippen molar-refractivity contribution in [1.29, 1.82) is 0 Å².